The van der Waals surface area contributed by atoms with Gasteiger partial charge in [0.25, 0.3) is 5.69 Å². The fourth-order valence-electron chi connectivity index (χ4n) is 1.98. The summed E-state index contributed by atoms with van der Waals surface area (Å²) in [7, 11) is 0. The Morgan fingerprint density at radius 2 is 2.10 bits per heavy atom. The first-order valence-corrected chi connectivity index (χ1v) is 6.99. The van der Waals surface area contributed by atoms with Crippen molar-refractivity contribution in [1.29, 1.82) is 0 Å². The van der Waals surface area contributed by atoms with Gasteiger partial charge in [-0.25, -0.2) is 9.97 Å². The van der Waals surface area contributed by atoms with Crippen molar-refractivity contribution >= 4 is 39.5 Å². The van der Waals surface area contributed by atoms with Gasteiger partial charge in [-0.1, -0.05) is 17.7 Å². The van der Waals surface area contributed by atoms with Crippen LogP contribution in [-0.4, -0.2) is 14.9 Å². The summed E-state index contributed by atoms with van der Waals surface area (Å²) in [5.74, 6) is 0.496. The molecular formula is C13H8ClN3O2S. The minimum absolute atomic E-state index is 0.0815. The second-order valence-corrected chi connectivity index (χ2v) is 5.47. The standard InChI is InChI=1S/C13H8ClN3O2S/c1-7-5-6-20-11(7)13-15-8-3-2-4-9(17(18)19)10(8)12(14)16-13/h2-6H,1H3. The van der Waals surface area contributed by atoms with Crippen LogP contribution >= 0.6 is 22.9 Å². The van der Waals surface area contributed by atoms with E-state index in [1.807, 2.05) is 18.4 Å². The number of benzene rings is 1. The predicted octanol–water partition coefficient (Wildman–Crippen LogP) is 4.23. The number of nitro benzene ring substituents is 1. The minimum Gasteiger partial charge on any atom is -0.258 e. The Bertz CT molecular complexity index is 832. The first kappa shape index (κ1) is 13.0. The lowest BCUT2D eigenvalue weighted by atomic mass is 10.2. The van der Waals surface area contributed by atoms with Crippen LogP contribution in [0.1, 0.15) is 5.56 Å². The summed E-state index contributed by atoms with van der Waals surface area (Å²) in [6.07, 6.45) is 0. The lowest BCUT2D eigenvalue weighted by molar-refractivity contribution is -0.383. The Morgan fingerprint density at radius 3 is 2.75 bits per heavy atom. The highest BCUT2D eigenvalue weighted by molar-refractivity contribution is 7.13. The molecule has 0 saturated heterocycles. The van der Waals surface area contributed by atoms with Crippen LogP contribution < -0.4 is 0 Å². The van der Waals surface area contributed by atoms with Crippen LogP contribution in [-0.2, 0) is 0 Å². The van der Waals surface area contributed by atoms with E-state index in [9.17, 15) is 10.1 Å². The molecule has 0 radical (unpaired) electrons. The third kappa shape index (κ3) is 2.03. The number of halogens is 1. The van der Waals surface area contributed by atoms with E-state index in [4.69, 9.17) is 11.6 Å². The van der Waals surface area contributed by atoms with Gasteiger partial charge >= 0.3 is 0 Å². The van der Waals surface area contributed by atoms with Crippen molar-refractivity contribution < 1.29 is 4.92 Å². The molecule has 0 aliphatic heterocycles. The van der Waals surface area contributed by atoms with Gasteiger partial charge in [-0.3, -0.25) is 10.1 Å². The average Bonchev–Trinajstić information content (AvgIpc) is 2.84. The molecule has 0 saturated carbocycles. The molecule has 2 heterocycles. The Morgan fingerprint density at radius 1 is 1.30 bits per heavy atom. The van der Waals surface area contributed by atoms with E-state index in [2.05, 4.69) is 9.97 Å². The van der Waals surface area contributed by atoms with Crippen molar-refractivity contribution in [2.24, 2.45) is 0 Å². The van der Waals surface area contributed by atoms with Crippen LogP contribution in [0.4, 0.5) is 5.69 Å². The summed E-state index contributed by atoms with van der Waals surface area (Å²) in [6.45, 7) is 1.96. The molecule has 7 heteroatoms. The van der Waals surface area contributed by atoms with Gasteiger partial charge in [-0.05, 0) is 30.0 Å². The summed E-state index contributed by atoms with van der Waals surface area (Å²) in [5, 5.41) is 13.3. The van der Waals surface area contributed by atoms with Gasteiger partial charge in [0.05, 0.1) is 15.3 Å². The first-order valence-electron chi connectivity index (χ1n) is 5.73. The molecule has 0 amide bonds. The molecule has 0 spiro atoms. The van der Waals surface area contributed by atoms with Crippen LogP contribution in [0.2, 0.25) is 5.15 Å². The quantitative estimate of drug-likeness (QED) is 0.403. The van der Waals surface area contributed by atoms with E-state index in [1.165, 1.54) is 17.4 Å². The highest BCUT2D eigenvalue weighted by Gasteiger charge is 2.18. The molecule has 0 bridgehead atoms. The zero-order valence-corrected chi connectivity index (χ0v) is 11.9. The number of aromatic nitrogens is 2. The number of nitro groups is 1. The Balaban J connectivity index is 2.32. The van der Waals surface area contributed by atoms with Crippen molar-refractivity contribution in [2.75, 3.05) is 0 Å². The number of nitrogens with zero attached hydrogens (tertiary/aromatic N) is 3. The van der Waals surface area contributed by atoms with E-state index in [1.54, 1.807) is 12.1 Å². The summed E-state index contributed by atoms with van der Waals surface area (Å²) < 4.78 is 0. The molecule has 0 unspecified atom stereocenters. The Kier molecular flexibility index (Phi) is 3.11. The monoisotopic (exact) mass is 305 g/mol. The van der Waals surface area contributed by atoms with Crippen LogP contribution in [0, 0.1) is 17.0 Å². The number of rotatable bonds is 2. The zero-order valence-electron chi connectivity index (χ0n) is 10.3. The lowest BCUT2D eigenvalue weighted by Crippen LogP contribution is -1.95. The van der Waals surface area contributed by atoms with E-state index in [0.717, 1.165) is 10.4 Å². The molecule has 0 fully saturated rings. The second kappa shape index (κ2) is 4.81. The van der Waals surface area contributed by atoms with Gasteiger partial charge in [0.1, 0.15) is 10.5 Å². The summed E-state index contributed by atoms with van der Waals surface area (Å²) in [6, 6.07) is 6.65. The van der Waals surface area contributed by atoms with Gasteiger partial charge < -0.3 is 0 Å². The lowest BCUT2D eigenvalue weighted by Gasteiger charge is -2.04. The van der Waals surface area contributed by atoms with Gasteiger partial charge in [0, 0.05) is 6.07 Å². The van der Waals surface area contributed by atoms with Crippen molar-refractivity contribution in [1.82, 2.24) is 9.97 Å². The van der Waals surface area contributed by atoms with Crippen molar-refractivity contribution in [2.45, 2.75) is 6.92 Å². The molecule has 100 valence electrons. The normalized spacial score (nSPS) is 10.9. The molecule has 0 aliphatic rings. The van der Waals surface area contributed by atoms with Crippen LogP contribution in [0.5, 0.6) is 0 Å². The van der Waals surface area contributed by atoms with Crippen molar-refractivity contribution in [3.05, 3.63) is 50.5 Å². The smallest absolute Gasteiger partial charge is 0.258 e. The highest BCUT2D eigenvalue weighted by atomic mass is 35.5. The Labute approximate surface area is 123 Å². The van der Waals surface area contributed by atoms with Gasteiger partial charge in [-0.2, -0.15) is 0 Å². The largest absolute Gasteiger partial charge is 0.281 e. The second-order valence-electron chi connectivity index (χ2n) is 4.20. The SMILES string of the molecule is Cc1ccsc1-c1nc(Cl)c2c([N+](=O)[O-])cccc2n1. The third-order valence-corrected chi connectivity index (χ3v) is 4.20. The van der Waals surface area contributed by atoms with Gasteiger partial charge in [-0.15, -0.1) is 11.3 Å². The number of hydrogen-bond acceptors (Lipinski definition) is 5. The molecule has 3 rings (SSSR count). The predicted molar refractivity (Wildman–Crippen MR) is 79.3 cm³/mol. The summed E-state index contributed by atoms with van der Waals surface area (Å²) in [4.78, 5) is 20.1. The maximum absolute atomic E-state index is 11.0. The van der Waals surface area contributed by atoms with Crippen LogP contribution in [0.3, 0.4) is 0 Å². The van der Waals surface area contributed by atoms with Crippen LogP contribution in [0.15, 0.2) is 29.6 Å². The van der Waals surface area contributed by atoms with E-state index in [0.29, 0.717) is 11.3 Å². The maximum atomic E-state index is 11.0. The molecule has 3 aromatic rings. The number of thiophene rings is 1. The molecule has 20 heavy (non-hydrogen) atoms. The van der Waals surface area contributed by atoms with E-state index >= 15 is 0 Å². The molecule has 1 aromatic carbocycles. The minimum atomic E-state index is -0.479. The van der Waals surface area contributed by atoms with Crippen molar-refractivity contribution in [3.63, 3.8) is 0 Å². The summed E-state index contributed by atoms with van der Waals surface area (Å²) >= 11 is 7.64. The molecular weight excluding hydrogens is 298 g/mol. The maximum Gasteiger partial charge on any atom is 0.281 e. The highest BCUT2D eigenvalue weighted by Crippen LogP contribution is 2.33. The third-order valence-electron chi connectivity index (χ3n) is 2.92. The number of non-ortho nitro benzene ring substituents is 1. The van der Waals surface area contributed by atoms with Gasteiger partial charge in [0.2, 0.25) is 0 Å². The van der Waals surface area contributed by atoms with E-state index in [-0.39, 0.29) is 16.2 Å². The fraction of sp³-hybridized carbons (Fsp3) is 0.0769. The topological polar surface area (TPSA) is 68.9 Å². The number of fused-ring (bicyclic) bond motifs is 1. The average molecular weight is 306 g/mol. The Hall–Kier alpha value is -2.05. The first-order chi connectivity index (χ1) is 9.58. The van der Waals surface area contributed by atoms with Gasteiger partial charge in [0.15, 0.2) is 5.82 Å². The zero-order chi connectivity index (χ0) is 14.3. The fourth-order valence-corrected chi connectivity index (χ4v) is 3.11. The molecule has 0 N–H and O–H groups in total. The number of hydrogen-bond donors (Lipinski definition) is 0. The van der Waals surface area contributed by atoms with Crippen molar-refractivity contribution in [3.8, 4) is 10.7 Å². The molecule has 0 aliphatic carbocycles. The summed E-state index contributed by atoms with van der Waals surface area (Å²) in [5.41, 5.74) is 1.44. The number of aryl methyl sites for hydroxylation is 1. The molecule has 2 aromatic heterocycles. The molecule has 0 atom stereocenters. The van der Waals surface area contributed by atoms with E-state index < -0.39 is 4.92 Å². The molecule has 5 nitrogen and oxygen atoms in total. The van der Waals surface area contributed by atoms with Crippen LogP contribution in [0.25, 0.3) is 21.6 Å².